The van der Waals surface area contributed by atoms with Crippen LogP contribution in [0.1, 0.15) is 16.7 Å². The number of anilines is 1. The number of hydrogen-bond acceptors (Lipinski definition) is 2. The van der Waals surface area contributed by atoms with Gasteiger partial charge in [-0.1, -0.05) is 42.5 Å². The van der Waals surface area contributed by atoms with E-state index in [0.29, 0.717) is 0 Å². The van der Waals surface area contributed by atoms with E-state index in [1.165, 1.54) is 11.1 Å². The van der Waals surface area contributed by atoms with E-state index in [-0.39, 0.29) is 0 Å². The molecule has 0 aliphatic heterocycles. The predicted molar refractivity (Wildman–Crippen MR) is 73.6 cm³/mol. The molecular weight excluding hydrogens is 208 g/mol. The van der Waals surface area contributed by atoms with Crippen LogP contribution in [-0.4, -0.2) is 6.21 Å². The zero-order valence-corrected chi connectivity index (χ0v) is 10.1. The van der Waals surface area contributed by atoms with Crippen molar-refractivity contribution in [2.45, 2.75) is 13.8 Å². The molecule has 0 aliphatic carbocycles. The van der Waals surface area contributed by atoms with Crippen molar-refractivity contribution in [1.82, 2.24) is 0 Å². The highest BCUT2D eigenvalue weighted by Crippen LogP contribution is 2.15. The average molecular weight is 224 g/mol. The van der Waals surface area contributed by atoms with E-state index in [2.05, 4.69) is 42.6 Å². The summed E-state index contributed by atoms with van der Waals surface area (Å²) in [7, 11) is 0. The van der Waals surface area contributed by atoms with E-state index < -0.39 is 0 Å². The van der Waals surface area contributed by atoms with E-state index in [1.807, 2.05) is 36.5 Å². The lowest BCUT2D eigenvalue weighted by atomic mass is 10.1. The van der Waals surface area contributed by atoms with Crippen molar-refractivity contribution < 1.29 is 0 Å². The Hall–Kier alpha value is -2.09. The first-order valence-corrected chi connectivity index (χ1v) is 5.67. The fourth-order valence-corrected chi connectivity index (χ4v) is 1.57. The van der Waals surface area contributed by atoms with Gasteiger partial charge in [-0.15, -0.1) is 0 Å². The van der Waals surface area contributed by atoms with Crippen LogP contribution in [0.2, 0.25) is 0 Å². The Morgan fingerprint density at radius 3 is 2.53 bits per heavy atom. The second-order valence-corrected chi connectivity index (χ2v) is 4.10. The molecule has 86 valence electrons. The fourth-order valence-electron chi connectivity index (χ4n) is 1.57. The van der Waals surface area contributed by atoms with Gasteiger partial charge < -0.3 is 0 Å². The van der Waals surface area contributed by atoms with Crippen molar-refractivity contribution in [3.63, 3.8) is 0 Å². The van der Waals surface area contributed by atoms with Crippen molar-refractivity contribution in [1.29, 1.82) is 0 Å². The van der Waals surface area contributed by atoms with Gasteiger partial charge in [0.25, 0.3) is 0 Å². The molecule has 0 radical (unpaired) electrons. The van der Waals surface area contributed by atoms with Gasteiger partial charge in [0.15, 0.2) is 0 Å². The van der Waals surface area contributed by atoms with Gasteiger partial charge in [-0.25, -0.2) is 0 Å². The number of nitrogens with one attached hydrogen (secondary N) is 1. The van der Waals surface area contributed by atoms with Crippen molar-refractivity contribution in [3.05, 3.63) is 65.2 Å². The first-order valence-electron chi connectivity index (χ1n) is 5.67. The Morgan fingerprint density at radius 2 is 1.76 bits per heavy atom. The topological polar surface area (TPSA) is 24.4 Å². The average Bonchev–Trinajstić information content (AvgIpc) is 2.35. The van der Waals surface area contributed by atoms with Crippen LogP contribution in [0.25, 0.3) is 0 Å². The van der Waals surface area contributed by atoms with Crippen LogP contribution in [0.3, 0.4) is 0 Å². The van der Waals surface area contributed by atoms with Crippen LogP contribution in [0, 0.1) is 13.8 Å². The summed E-state index contributed by atoms with van der Waals surface area (Å²) in [5.74, 6) is 0. The number of aryl methyl sites for hydroxylation is 2. The lowest BCUT2D eigenvalue weighted by Crippen LogP contribution is -1.93. The van der Waals surface area contributed by atoms with E-state index in [4.69, 9.17) is 0 Å². The van der Waals surface area contributed by atoms with Crippen LogP contribution in [-0.2, 0) is 0 Å². The Balaban J connectivity index is 2.07. The van der Waals surface area contributed by atoms with Crippen LogP contribution >= 0.6 is 0 Å². The van der Waals surface area contributed by atoms with Gasteiger partial charge in [0, 0.05) is 0 Å². The Labute approximate surface area is 102 Å². The third-order valence-electron chi connectivity index (χ3n) is 2.59. The Bertz CT molecular complexity index is 516. The second-order valence-electron chi connectivity index (χ2n) is 4.10. The van der Waals surface area contributed by atoms with E-state index >= 15 is 0 Å². The molecule has 0 aromatic heterocycles. The third kappa shape index (κ3) is 3.18. The van der Waals surface area contributed by atoms with Crippen molar-refractivity contribution in [3.8, 4) is 0 Å². The highest BCUT2D eigenvalue weighted by atomic mass is 15.3. The smallest absolute Gasteiger partial charge is 0.0593 e. The van der Waals surface area contributed by atoms with Gasteiger partial charge in [0.1, 0.15) is 0 Å². The minimum Gasteiger partial charge on any atom is -0.278 e. The molecule has 0 heterocycles. The number of hydrogen-bond donors (Lipinski definition) is 1. The van der Waals surface area contributed by atoms with Gasteiger partial charge in [0.05, 0.1) is 11.9 Å². The van der Waals surface area contributed by atoms with E-state index in [9.17, 15) is 0 Å². The number of nitrogens with zero attached hydrogens (tertiary/aromatic N) is 1. The van der Waals surface area contributed by atoms with Gasteiger partial charge in [-0.05, 0) is 36.6 Å². The summed E-state index contributed by atoms with van der Waals surface area (Å²) >= 11 is 0. The zero-order valence-electron chi connectivity index (χ0n) is 10.1. The molecule has 2 rings (SSSR count). The van der Waals surface area contributed by atoms with Crippen molar-refractivity contribution in [2.75, 3.05) is 5.43 Å². The maximum atomic E-state index is 4.24. The molecule has 0 fully saturated rings. The Morgan fingerprint density at radius 1 is 1.00 bits per heavy atom. The predicted octanol–water partition coefficient (Wildman–Crippen LogP) is 3.75. The molecule has 2 aromatic rings. The molecule has 0 saturated heterocycles. The normalized spacial score (nSPS) is 10.7. The standard InChI is InChI=1S/C15H16N2/c1-12-8-9-13(2)15(10-12)17-16-11-14-6-4-3-5-7-14/h3-11,17H,1-2H3/b16-11+. The van der Waals surface area contributed by atoms with Crippen molar-refractivity contribution in [2.24, 2.45) is 5.10 Å². The molecule has 0 spiro atoms. The second kappa shape index (κ2) is 5.30. The molecule has 1 N–H and O–H groups in total. The van der Waals surface area contributed by atoms with Gasteiger partial charge in [0.2, 0.25) is 0 Å². The number of benzene rings is 2. The molecule has 0 amide bonds. The van der Waals surface area contributed by atoms with E-state index in [0.717, 1.165) is 11.3 Å². The van der Waals surface area contributed by atoms with Crippen LogP contribution in [0.4, 0.5) is 5.69 Å². The van der Waals surface area contributed by atoms with Crippen LogP contribution in [0.15, 0.2) is 53.6 Å². The maximum absolute atomic E-state index is 4.24. The van der Waals surface area contributed by atoms with E-state index in [1.54, 1.807) is 0 Å². The number of rotatable bonds is 3. The first-order chi connectivity index (χ1) is 8.25. The maximum Gasteiger partial charge on any atom is 0.0593 e. The summed E-state index contributed by atoms with van der Waals surface area (Å²) in [4.78, 5) is 0. The highest BCUT2D eigenvalue weighted by molar-refractivity contribution is 5.80. The van der Waals surface area contributed by atoms with Gasteiger partial charge in [-0.2, -0.15) is 5.10 Å². The SMILES string of the molecule is Cc1ccc(C)c(N/N=C/c2ccccc2)c1. The molecule has 17 heavy (non-hydrogen) atoms. The fraction of sp³-hybridized carbons (Fsp3) is 0.133. The molecule has 0 aliphatic rings. The molecule has 0 unspecified atom stereocenters. The van der Waals surface area contributed by atoms with Gasteiger partial charge >= 0.3 is 0 Å². The van der Waals surface area contributed by atoms with Crippen molar-refractivity contribution >= 4 is 11.9 Å². The molecular formula is C15H16N2. The lowest BCUT2D eigenvalue weighted by molar-refractivity contribution is 1.29. The lowest BCUT2D eigenvalue weighted by Gasteiger charge is -2.05. The monoisotopic (exact) mass is 224 g/mol. The minimum atomic E-state index is 1.05. The molecule has 0 atom stereocenters. The first kappa shape index (κ1) is 11.4. The molecule has 2 nitrogen and oxygen atoms in total. The van der Waals surface area contributed by atoms with Gasteiger partial charge in [-0.3, -0.25) is 5.43 Å². The quantitative estimate of drug-likeness (QED) is 0.623. The summed E-state index contributed by atoms with van der Waals surface area (Å²) in [5, 5.41) is 4.24. The zero-order chi connectivity index (χ0) is 12.1. The number of hydrazone groups is 1. The largest absolute Gasteiger partial charge is 0.278 e. The molecule has 0 saturated carbocycles. The van der Waals surface area contributed by atoms with Crippen LogP contribution < -0.4 is 5.43 Å². The summed E-state index contributed by atoms with van der Waals surface area (Å²) in [5.41, 5.74) is 7.64. The molecule has 2 heteroatoms. The Kier molecular flexibility index (Phi) is 3.55. The summed E-state index contributed by atoms with van der Waals surface area (Å²) in [6.07, 6.45) is 1.82. The van der Waals surface area contributed by atoms with Crippen LogP contribution in [0.5, 0.6) is 0 Å². The summed E-state index contributed by atoms with van der Waals surface area (Å²) in [6.45, 7) is 4.14. The highest BCUT2D eigenvalue weighted by Gasteiger charge is 1.95. The third-order valence-corrected chi connectivity index (χ3v) is 2.59. The minimum absolute atomic E-state index is 1.05. The summed E-state index contributed by atoms with van der Waals surface area (Å²) in [6, 6.07) is 16.3. The molecule has 0 bridgehead atoms. The molecule has 2 aromatic carbocycles. The summed E-state index contributed by atoms with van der Waals surface area (Å²) < 4.78 is 0.